The van der Waals surface area contributed by atoms with E-state index in [1.54, 1.807) is 10.9 Å². The standard InChI is InChI=1S/C29H31ClN6O2/c1-18-8-11-21-15-24(28(37)31-25(21)19(18)2)26(27-32-33-34-36(27)29(3,4)5)35(17-23-7-6-14-38-23)16-20-9-12-22(30)13-10-20/h6-15,26H,16-17H2,1-5H3,(H,31,37)/t26-/m0/s1. The lowest BCUT2D eigenvalue weighted by Gasteiger charge is -2.32. The molecule has 5 aromatic rings. The average Bonchev–Trinajstić information content (AvgIpc) is 3.56. The fourth-order valence-corrected chi connectivity index (χ4v) is 4.88. The Bertz CT molecular complexity index is 1610. The number of aromatic nitrogens is 5. The van der Waals surface area contributed by atoms with E-state index in [1.165, 1.54) is 0 Å². The zero-order valence-electron chi connectivity index (χ0n) is 22.2. The topological polar surface area (TPSA) is 92.8 Å². The monoisotopic (exact) mass is 530 g/mol. The Morgan fingerprint density at radius 3 is 2.53 bits per heavy atom. The number of nitrogens with one attached hydrogen (secondary N) is 1. The van der Waals surface area contributed by atoms with E-state index in [2.05, 4.69) is 31.5 Å². The molecule has 0 saturated heterocycles. The third-order valence-electron chi connectivity index (χ3n) is 6.85. The molecule has 0 radical (unpaired) electrons. The van der Waals surface area contributed by atoms with E-state index in [0.717, 1.165) is 33.4 Å². The van der Waals surface area contributed by atoms with Gasteiger partial charge in [-0.1, -0.05) is 35.9 Å². The van der Waals surface area contributed by atoms with Crippen molar-refractivity contribution >= 4 is 22.5 Å². The summed E-state index contributed by atoms with van der Waals surface area (Å²) in [4.78, 5) is 19.1. The van der Waals surface area contributed by atoms with Crippen LogP contribution in [0, 0.1) is 13.8 Å². The quantitative estimate of drug-likeness (QED) is 0.280. The van der Waals surface area contributed by atoms with Crippen molar-refractivity contribution in [1.29, 1.82) is 0 Å². The smallest absolute Gasteiger partial charge is 0.253 e. The van der Waals surface area contributed by atoms with E-state index >= 15 is 0 Å². The van der Waals surface area contributed by atoms with Crippen molar-refractivity contribution < 1.29 is 4.42 Å². The maximum Gasteiger partial charge on any atom is 0.253 e. The Morgan fingerprint density at radius 1 is 1.08 bits per heavy atom. The molecule has 3 aromatic heterocycles. The van der Waals surface area contributed by atoms with Crippen molar-refractivity contribution in [2.75, 3.05) is 0 Å². The van der Waals surface area contributed by atoms with Crippen LogP contribution in [-0.4, -0.2) is 30.1 Å². The molecule has 1 atom stereocenters. The summed E-state index contributed by atoms with van der Waals surface area (Å²) in [5.41, 5.74) is 4.01. The predicted octanol–water partition coefficient (Wildman–Crippen LogP) is 5.92. The van der Waals surface area contributed by atoms with Crippen molar-refractivity contribution in [3.8, 4) is 0 Å². The van der Waals surface area contributed by atoms with Gasteiger partial charge in [0.15, 0.2) is 5.82 Å². The Hall–Kier alpha value is -3.75. The van der Waals surface area contributed by atoms with Crippen LogP contribution < -0.4 is 5.56 Å². The molecule has 38 heavy (non-hydrogen) atoms. The number of furan rings is 1. The van der Waals surface area contributed by atoms with Gasteiger partial charge in [-0.2, -0.15) is 0 Å². The number of rotatable bonds is 7. The number of pyridine rings is 1. The Labute approximate surface area is 226 Å². The fraction of sp³-hybridized carbons (Fsp3) is 0.310. The first-order valence-electron chi connectivity index (χ1n) is 12.5. The minimum absolute atomic E-state index is 0.180. The van der Waals surface area contributed by atoms with Gasteiger partial charge in [0.1, 0.15) is 11.8 Å². The van der Waals surface area contributed by atoms with Crippen LogP contribution in [0.4, 0.5) is 0 Å². The SMILES string of the molecule is Cc1ccc2cc([C@@H](c3nnnn3C(C)(C)C)N(Cc3ccc(Cl)cc3)Cc3ccco3)c(=O)[nH]c2c1C. The zero-order chi connectivity index (χ0) is 27.0. The number of benzene rings is 2. The molecule has 8 nitrogen and oxygen atoms in total. The van der Waals surface area contributed by atoms with Crippen LogP contribution in [0.15, 0.2) is 70.1 Å². The lowest BCUT2D eigenvalue weighted by atomic mass is 9.99. The van der Waals surface area contributed by atoms with Crippen molar-refractivity contribution in [3.05, 3.63) is 110 Å². The number of aryl methyl sites for hydroxylation is 2. The number of hydrogen-bond acceptors (Lipinski definition) is 6. The molecule has 3 heterocycles. The highest BCUT2D eigenvalue weighted by Gasteiger charge is 2.34. The molecular formula is C29H31ClN6O2. The summed E-state index contributed by atoms with van der Waals surface area (Å²) in [7, 11) is 0. The minimum Gasteiger partial charge on any atom is -0.468 e. The second kappa shape index (κ2) is 10.2. The van der Waals surface area contributed by atoms with E-state index in [1.807, 2.05) is 83.1 Å². The Morgan fingerprint density at radius 2 is 1.84 bits per heavy atom. The van der Waals surface area contributed by atoms with Crippen LogP contribution in [0.3, 0.4) is 0 Å². The zero-order valence-corrected chi connectivity index (χ0v) is 23.0. The summed E-state index contributed by atoms with van der Waals surface area (Å²) < 4.78 is 7.53. The van der Waals surface area contributed by atoms with E-state index in [4.69, 9.17) is 16.0 Å². The number of fused-ring (bicyclic) bond motifs is 1. The predicted molar refractivity (Wildman–Crippen MR) is 148 cm³/mol. The lowest BCUT2D eigenvalue weighted by molar-refractivity contribution is 0.171. The molecule has 0 aliphatic rings. The summed E-state index contributed by atoms with van der Waals surface area (Å²) in [6.07, 6.45) is 1.65. The Kier molecular flexibility index (Phi) is 6.94. The largest absolute Gasteiger partial charge is 0.468 e. The molecule has 2 aromatic carbocycles. The third kappa shape index (κ3) is 5.14. The summed E-state index contributed by atoms with van der Waals surface area (Å²) in [5.74, 6) is 1.34. The van der Waals surface area contributed by atoms with Crippen LogP contribution in [0.1, 0.15) is 60.7 Å². The number of hydrogen-bond donors (Lipinski definition) is 1. The van der Waals surface area contributed by atoms with Crippen molar-refractivity contribution in [1.82, 2.24) is 30.1 Å². The summed E-state index contributed by atoms with van der Waals surface area (Å²) >= 11 is 6.17. The molecule has 0 aliphatic carbocycles. The van der Waals surface area contributed by atoms with E-state index in [9.17, 15) is 4.79 Å². The molecule has 9 heteroatoms. The van der Waals surface area contributed by atoms with Crippen LogP contribution in [0.5, 0.6) is 0 Å². The average molecular weight is 531 g/mol. The van der Waals surface area contributed by atoms with Gasteiger partial charge < -0.3 is 9.40 Å². The molecule has 196 valence electrons. The van der Waals surface area contributed by atoms with Gasteiger partial charge in [-0.3, -0.25) is 9.69 Å². The van der Waals surface area contributed by atoms with E-state index in [-0.39, 0.29) is 5.56 Å². The summed E-state index contributed by atoms with van der Waals surface area (Å²) in [6, 6.07) is 17.0. The van der Waals surface area contributed by atoms with Crippen LogP contribution >= 0.6 is 11.6 Å². The van der Waals surface area contributed by atoms with Gasteiger partial charge >= 0.3 is 0 Å². The van der Waals surface area contributed by atoms with Crippen molar-refractivity contribution in [3.63, 3.8) is 0 Å². The highest BCUT2D eigenvalue weighted by atomic mass is 35.5. The van der Waals surface area contributed by atoms with Crippen molar-refractivity contribution in [2.45, 2.75) is 59.3 Å². The van der Waals surface area contributed by atoms with Gasteiger partial charge in [-0.05, 0) is 97.5 Å². The molecule has 5 rings (SSSR count). The number of nitrogens with zero attached hydrogens (tertiary/aromatic N) is 5. The van der Waals surface area contributed by atoms with Gasteiger partial charge in [-0.25, -0.2) is 4.68 Å². The first kappa shape index (κ1) is 25.9. The number of aromatic amines is 1. The van der Waals surface area contributed by atoms with Crippen LogP contribution in [-0.2, 0) is 18.6 Å². The first-order valence-corrected chi connectivity index (χ1v) is 12.9. The third-order valence-corrected chi connectivity index (χ3v) is 7.10. The maximum atomic E-state index is 13.8. The normalized spacial score (nSPS) is 12.9. The number of H-pyrrole nitrogens is 1. The molecule has 0 unspecified atom stereocenters. The van der Waals surface area contributed by atoms with Crippen molar-refractivity contribution in [2.24, 2.45) is 0 Å². The van der Waals surface area contributed by atoms with Crippen LogP contribution in [0.2, 0.25) is 5.02 Å². The summed E-state index contributed by atoms with van der Waals surface area (Å²) in [5, 5.41) is 14.4. The lowest BCUT2D eigenvalue weighted by Crippen LogP contribution is -2.37. The van der Waals surface area contributed by atoms with E-state index < -0.39 is 11.6 Å². The maximum absolute atomic E-state index is 13.8. The second-order valence-electron chi connectivity index (χ2n) is 10.7. The number of halogens is 1. The molecule has 1 N–H and O–H groups in total. The van der Waals surface area contributed by atoms with Gasteiger partial charge in [-0.15, -0.1) is 5.10 Å². The van der Waals surface area contributed by atoms with Gasteiger partial charge in [0.05, 0.1) is 23.9 Å². The van der Waals surface area contributed by atoms with Gasteiger partial charge in [0, 0.05) is 17.1 Å². The molecule has 0 bridgehead atoms. The highest BCUT2D eigenvalue weighted by molar-refractivity contribution is 6.30. The molecule has 0 fully saturated rings. The van der Waals surface area contributed by atoms with E-state index in [0.29, 0.717) is 29.5 Å². The molecule has 0 amide bonds. The number of tetrazole rings is 1. The van der Waals surface area contributed by atoms with Gasteiger partial charge in [0.25, 0.3) is 5.56 Å². The Balaban J connectivity index is 1.73. The first-order chi connectivity index (χ1) is 18.1. The van der Waals surface area contributed by atoms with Gasteiger partial charge in [0.2, 0.25) is 0 Å². The second-order valence-corrected chi connectivity index (χ2v) is 11.1. The fourth-order valence-electron chi connectivity index (χ4n) is 4.75. The molecule has 0 spiro atoms. The molecule has 0 aliphatic heterocycles. The van der Waals surface area contributed by atoms with Crippen LogP contribution in [0.25, 0.3) is 10.9 Å². The molecule has 0 saturated carbocycles. The molecular weight excluding hydrogens is 500 g/mol. The highest BCUT2D eigenvalue weighted by Crippen LogP contribution is 2.32. The minimum atomic E-state index is -0.570. The summed E-state index contributed by atoms with van der Waals surface area (Å²) in [6.45, 7) is 11.1.